The second-order valence-corrected chi connectivity index (χ2v) is 6.80. The molecule has 6 nitrogen and oxygen atoms in total. The van der Waals surface area contributed by atoms with Gasteiger partial charge in [-0.2, -0.15) is 5.10 Å². The van der Waals surface area contributed by atoms with Crippen LogP contribution in [0.4, 0.5) is 0 Å². The first-order chi connectivity index (χ1) is 10.8. The maximum absolute atomic E-state index is 10.1. The molecular formula is C17H26N4O2. The van der Waals surface area contributed by atoms with Crippen LogP contribution in [-0.4, -0.2) is 32.5 Å². The van der Waals surface area contributed by atoms with Crippen molar-refractivity contribution in [1.82, 2.24) is 20.1 Å². The van der Waals surface area contributed by atoms with E-state index in [-0.39, 0.29) is 5.41 Å². The van der Waals surface area contributed by atoms with Crippen LogP contribution >= 0.6 is 0 Å². The summed E-state index contributed by atoms with van der Waals surface area (Å²) in [7, 11) is 1.85. The number of aliphatic hydroxyl groups is 1. The number of aryl methyl sites for hydroxylation is 2. The molecule has 2 heterocycles. The third-order valence-electron chi connectivity index (χ3n) is 3.78. The Bertz CT molecular complexity index is 632. The zero-order valence-corrected chi connectivity index (χ0v) is 14.5. The Balaban J connectivity index is 2.07. The van der Waals surface area contributed by atoms with Gasteiger partial charge in [-0.05, 0) is 24.5 Å². The predicted molar refractivity (Wildman–Crippen MR) is 89.4 cm³/mol. The van der Waals surface area contributed by atoms with Gasteiger partial charge in [-0.1, -0.05) is 20.8 Å². The summed E-state index contributed by atoms with van der Waals surface area (Å²) < 4.78 is 7.64. The van der Waals surface area contributed by atoms with E-state index < -0.39 is 6.10 Å². The van der Waals surface area contributed by atoms with Crippen molar-refractivity contribution in [1.29, 1.82) is 0 Å². The lowest BCUT2D eigenvalue weighted by molar-refractivity contribution is 0.0627. The minimum atomic E-state index is -0.415. The van der Waals surface area contributed by atoms with E-state index in [2.05, 4.69) is 15.4 Å². The van der Waals surface area contributed by atoms with Crippen LogP contribution in [0.25, 0.3) is 0 Å². The molecule has 1 unspecified atom stereocenters. The number of hydrogen-bond acceptors (Lipinski definition) is 5. The van der Waals surface area contributed by atoms with Crippen molar-refractivity contribution in [2.24, 2.45) is 12.5 Å². The average molecular weight is 318 g/mol. The van der Waals surface area contributed by atoms with E-state index in [1.165, 1.54) is 0 Å². The molecule has 0 fully saturated rings. The molecule has 0 aliphatic rings. The molecule has 0 aliphatic heterocycles. The summed E-state index contributed by atoms with van der Waals surface area (Å²) in [5.74, 6) is 1.36. The van der Waals surface area contributed by atoms with Gasteiger partial charge in [-0.25, -0.2) is 4.68 Å². The van der Waals surface area contributed by atoms with Crippen LogP contribution in [0.2, 0.25) is 0 Å². The molecule has 2 aromatic heterocycles. The van der Waals surface area contributed by atoms with Crippen molar-refractivity contribution in [2.45, 2.75) is 40.3 Å². The van der Waals surface area contributed by atoms with Gasteiger partial charge in [0.15, 0.2) is 0 Å². The molecular weight excluding hydrogens is 292 g/mol. The normalized spacial score (nSPS) is 13.1. The first kappa shape index (κ1) is 17.4. The molecule has 126 valence electrons. The Labute approximate surface area is 137 Å². The molecule has 0 radical (unpaired) electrons. The Morgan fingerprint density at radius 3 is 2.74 bits per heavy atom. The summed E-state index contributed by atoms with van der Waals surface area (Å²) >= 11 is 0. The number of ether oxygens (including phenoxy) is 1. The fourth-order valence-corrected chi connectivity index (χ4v) is 2.17. The minimum absolute atomic E-state index is 0.147. The van der Waals surface area contributed by atoms with Crippen LogP contribution in [0.15, 0.2) is 24.5 Å². The molecule has 2 rings (SSSR count). The lowest BCUT2D eigenvalue weighted by Gasteiger charge is -2.26. The van der Waals surface area contributed by atoms with E-state index >= 15 is 0 Å². The zero-order valence-electron chi connectivity index (χ0n) is 14.5. The van der Waals surface area contributed by atoms with Gasteiger partial charge in [-0.3, -0.25) is 4.98 Å². The molecule has 0 saturated carbocycles. The van der Waals surface area contributed by atoms with Gasteiger partial charge in [0.2, 0.25) is 5.88 Å². The van der Waals surface area contributed by atoms with Gasteiger partial charge in [-0.15, -0.1) is 0 Å². The molecule has 6 heteroatoms. The molecule has 23 heavy (non-hydrogen) atoms. The molecule has 2 aromatic rings. The summed E-state index contributed by atoms with van der Waals surface area (Å²) in [6.45, 7) is 9.11. The first-order valence-corrected chi connectivity index (χ1v) is 7.78. The number of aliphatic hydroxyl groups excluding tert-OH is 1. The second-order valence-electron chi connectivity index (χ2n) is 6.80. The summed E-state index contributed by atoms with van der Waals surface area (Å²) in [6.07, 6.45) is 2.96. The summed E-state index contributed by atoms with van der Waals surface area (Å²) in [5.41, 5.74) is 1.74. The quantitative estimate of drug-likeness (QED) is 0.856. The van der Waals surface area contributed by atoms with Gasteiger partial charge >= 0.3 is 0 Å². The third-order valence-corrected chi connectivity index (χ3v) is 3.78. The maximum Gasteiger partial charge on any atom is 0.222 e. The summed E-state index contributed by atoms with van der Waals surface area (Å²) in [4.78, 5) is 4.06. The van der Waals surface area contributed by atoms with Crippen LogP contribution in [0, 0.1) is 12.3 Å². The van der Waals surface area contributed by atoms with E-state index in [0.29, 0.717) is 24.7 Å². The van der Waals surface area contributed by atoms with Gasteiger partial charge in [0, 0.05) is 26.3 Å². The Kier molecular flexibility index (Phi) is 5.38. The highest BCUT2D eigenvalue weighted by atomic mass is 16.5. The SMILES string of the molecule is Cc1nn(C)c(Oc2cccnc2)c1CNCC(O)C(C)(C)C. The first-order valence-electron chi connectivity index (χ1n) is 7.78. The minimum Gasteiger partial charge on any atom is -0.437 e. The van der Waals surface area contributed by atoms with Crippen LogP contribution in [0.5, 0.6) is 11.6 Å². The number of rotatable bonds is 6. The molecule has 0 aliphatic carbocycles. The standard InChI is InChI=1S/C17H26N4O2/c1-12-14(10-19-11-15(22)17(2,3)4)16(21(5)20-12)23-13-7-6-8-18-9-13/h6-9,15,19,22H,10-11H2,1-5H3. The number of hydrogen-bond donors (Lipinski definition) is 2. The summed E-state index contributed by atoms with van der Waals surface area (Å²) in [6, 6.07) is 3.69. The molecule has 0 saturated heterocycles. The highest BCUT2D eigenvalue weighted by molar-refractivity contribution is 5.34. The van der Waals surface area contributed by atoms with Gasteiger partial charge in [0.25, 0.3) is 0 Å². The fraction of sp³-hybridized carbons (Fsp3) is 0.529. The van der Waals surface area contributed by atoms with E-state index in [0.717, 1.165) is 11.3 Å². The largest absolute Gasteiger partial charge is 0.437 e. The molecule has 0 amide bonds. The lowest BCUT2D eigenvalue weighted by Crippen LogP contribution is -2.36. The average Bonchev–Trinajstić information content (AvgIpc) is 2.74. The van der Waals surface area contributed by atoms with Crippen LogP contribution in [-0.2, 0) is 13.6 Å². The Hall–Kier alpha value is -1.92. The fourth-order valence-electron chi connectivity index (χ4n) is 2.17. The van der Waals surface area contributed by atoms with Gasteiger partial charge in [0.05, 0.1) is 23.6 Å². The number of nitrogens with zero attached hydrogens (tertiary/aromatic N) is 3. The highest BCUT2D eigenvalue weighted by Gasteiger charge is 2.22. The van der Waals surface area contributed by atoms with Crippen molar-refractivity contribution in [3.05, 3.63) is 35.8 Å². The van der Waals surface area contributed by atoms with Crippen molar-refractivity contribution < 1.29 is 9.84 Å². The van der Waals surface area contributed by atoms with E-state index in [9.17, 15) is 5.11 Å². The summed E-state index contributed by atoms with van der Waals surface area (Å²) in [5, 5.41) is 17.8. The van der Waals surface area contributed by atoms with E-state index in [1.54, 1.807) is 17.1 Å². The van der Waals surface area contributed by atoms with Crippen molar-refractivity contribution in [2.75, 3.05) is 6.54 Å². The number of pyridine rings is 1. The topological polar surface area (TPSA) is 72.2 Å². The van der Waals surface area contributed by atoms with Crippen LogP contribution in [0.1, 0.15) is 32.0 Å². The smallest absolute Gasteiger partial charge is 0.222 e. The van der Waals surface area contributed by atoms with E-state index in [1.807, 2.05) is 46.9 Å². The maximum atomic E-state index is 10.1. The molecule has 0 bridgehead atoms. The monoisotopic (exact) mass is 318 g/mol. The second kappa shape index (κ2) is 7.10. The number of nitrogens with one attached hydrogen (secondary N) is 1. The molecule has 0 aromatic carbocycles. The highest BCUT2D eigenvalue weighted by Crippen LogP contribution is 2.26. The van der Waals surface area contributed by atoms with Crippen LogP contribution < -0.4 is 10.1 Å². The lowest BCUT2D eigenvalue weighted by atomic mass is 9.89. The Morgan fingerprint density at radius 2 is 2.13 bits per heavy atom. The van der Waals surface area contributed by atoms with Crippen molar-refractivity contribution in [3.8, 4) is 11.6 Å². The van der Waals surface area contributed by atoms with Gasteiger partial charge < -0.3 is 15.2 Å². The Morgan fingerprint density at radius 1 is 1.39 bits per heavy atom. The zero-order chi connectivity index (χ0) is 17.0. The number of aromatic nitrogens is 3. The van der Waals surface area contributed by atoms with Crippen molar-refractivity contribution >= 4 is 0 Å². The molecule has 0 spiro atoms. The van der Waals surface area contributed by atoms with E-state index in [4.69, 9.17) is 4.74 Å². The molecule has 1 atom stereocenters. The van der Waals surface area contributed by atoms with Crippen LogP contribution in [0.3, 0.4) is 0 Å². The molecule has 2 N–H and O–H groups in total. The predicted octanol–water partition coefficient (Wildman–Crippen LogP) is 2.41. The third kappa shape index (κ3) is 4.53. The van der Waals surface area contributed by atoms with Crippen molar-refractivity contribution in [3.63, 3.8) is 0 Å². The van der Waals surface area contributed by atoms with Gasteiger partial charge in [0.1, 0.15) is 5.75 Å².